The lowest BCUT2D eigenvalue weighted by atomic mass is 10.1. The van der Waals surface area contributed by atoms with Crippen LogP contribution in [0, 0.1) is 0 Å². The average Bonchev–Trinajstić information content (AvgIpc) is 2.59. The van der Waals surface area contributed by atoms with Crippen molar-refractivity contribution in [3.05, 3.63) is 53.6 Å². The molecule has 9 heteroatoms. The first-order chi connectivity index (χ1) is 13.1. The highest BCUT2D eigenvalue weighted by Gasteiger charge is 2.31. The van der Waals surface area contributed by atoms with Crippen LogP contribution in [0.5, 0.6) is 0 Å². The van der Waals surface area contributed by atoms with Crippen molar-refractivity contribution in [3.63, 3.8) is 0 Å². The van der Waals surface area contributed by atoms with E-state index >= 15 is 0 Å². The van der Waals surface area contributed by atoms with Crippen LogP contribution in [0.15, 0.2) is 48.5 Å². The fraction of sp³-hybridized carbons (Fsp3) is 0.263. The molecule has 2 amide bonds. The minimum absolute atomic E-state index is 0.201. The molecular weight excluding hydrogens is 402 g/mol. The van der Waals surface area contributed by atoms with Crippen LogP contribution >= 0.6 is 11.6 Å². The summed E-state index contributed by atoms with van der Waals surface area (Å²) >= 11 is 6.00. The van der Waals surface area contributed by atoms with E-state index in [1.807, 2.05) is 0 Å². The zero-order valence-electron chi connectivity index (χ0n) is 15.8. The van der Waals surface area contributed by atoms with Crippen LogP contribution in [0.2, 0.25) is 5.02 Å². The Morgan fingerprint density at radius 2 is 1.64 bits per heavy atom. The van der Waals surface area contributed by atoms with Gasteiger partial charge in [0.15, 0.2) is 0 Å². The third-order valence-corrected chi connectivity index (χ3v) is 5.28. The van der Waals surface area contributed by atoms with E-state index in [-0.39, 0.29) is 12.3 Å². The number of halogens is 1. The molecule has 2 aromatic carbocycles. The number of hydrogen-bond acceptors (Lipinski definition) is 4. The smallest absolute Gasteiger partial charge is 0.248 e. The van der Waals surface area contributed by atoms with E-state index in [1.165, 1.54) is 13.0 Å². The largest absolute Gasteiger partial charge is 0.326 e. The second kappa shape index (κ2) is 9.07. The molecule has 0 aliphatic carbocycles. The quantitative estimate of drug-likeness (QED) is 0.712. The van der Waals surface area contributed by atoms with Gasteiger partial charge in [0.2, 0.25) is 21.8 Å². The minimum Gasteiger partial charge on any atom is -0.326 e. The summed E-state index contributed by atoms with van der Waals surface area (Å²) in [6, 6.07) is 11.9. The zero-order chi connectivity index (χ0) is 20.9. The summed E-state index contributed by atoms with van der Waals surface area (Å²) in [7, 11) is -3.74. The summed E-state index contributed by atoms with van der Waals surface area (Å²) in [4.78, 5) is 23.9. The normalized spacial score (nSPS) is 12.1. The molecule has 0 saturated heterocycles. The van der Waals surface area contributed by atoms with E-state index < -0.39 is 22.0 Å². The zero-order valence-corrected chi connectivity index (χ0v) is 17.3. The van der Waals surface area contributed by atoms with Crippen LogP contribution in [-0.4, -0.2) is 32.5 Å². The van der Waals surface area contributed by atoms with Crippen LogP contribution in [0.3, 0.4) is 0 Å². The molecule has 0 heterocycles. The molecule has 0 bridgehead atoms. The molecule has 0 aromatic heterocycles. The lowest BCUT2D eigenvalue weighted by Gasteiger charge is -2.30. The number of nitrogens with one attached hydrogen (secondary N) is 2. The van der Waals surface area contributed by atoms with E-state index in [9.17, 15) is 18.0 Å². The number of carbonyl (C=O) groups is 2. The van der Waals surface area contributed by atoms with E-state index in [2.05, 4.69) is 10.6 Å². The van der Waals surface area contributed by atoms with Crippen molar-refractivity contribution in [2.75, 3.05) is 21.2 Å². The molecule has 0 aliphatic heterocycles. The number of hydrogen-bond donors (Lipinski definition) is 2. The van der Waals surface area contributed by atoms with E-state index in [0.29, 0.717) is 22.1 Å². The SMILES string of the molecule is CCC(C(=O)Nc1ccc(NC(C)=O)cc1)N(c1cccc(Cl)c1)S(C)(=O)=O. The van der Waals surface area contributed by atoms with Crippen molar-refractivity contribution in [3.8, 4) is 0 Å². The van der Waals surface area contributed by atoms with Gasteiger partial charge in [0.05, 0.1) is 11.9 Å². The van der Waals surface area contributed by atoms with Gasteiger partial charge < -0.3 is 10.6 Å². The number of amides is 2. The Morgan fingerprint density at radius 1 is 1.07 bits per heavy atom. The molecule has 150 valence electrons. The van der Waals surface area contributed by atoms with Crippen molar-refractivity contribution in [2.45, 2.75) is 26.3 Å². The number of anilines is 3. The van der Waals surface area contributed by atoms with Gasteiger partial charge in [0.1, 0.15) is 6.04 Å². The van der Waals surface area contributed by atoms with Crippen molar-refractivity contribution in [1.82, 2.24) is 0 Å². The second-order valence-corrected chi connectivity index (χ2v) is 8.51. The molecule has 2 rings (SSSR count). The van der Waals surface area contributed by atoms with Crippen LogP contribution < -0.4 is 14.9 Å². The number of rotatable bonds is 7. The maximum Gasteiger partial charge on any atom is 0.248 e. The van der Waals surface area contributed by atoms with Crippen molar-refractivity contribution in [2.24, 2.45) is 0 Å². The number of carbonyl (C=O) groups excluding carboxylic acids is 2. The van der Waals surface area contributed by atoms with Crippen LogP contribution in [0.25, 0.3) is 0 Å². The molecule has 0 aliphatic rings. The first-order valence-corrected chi connectivity index (χ1v) is 10.8. The fourth-order valence-corrected chi connectivity index (χ4v) is 4.13. The van der Waals surface area contributed by atoms with Crippen molar-refractivity contribution < 1.29 is 18.0 Å². The molecule has 0 radical (unpaired) electrons. The monoisotopic (exact) mass is 423 g/mol. The maximum absolute atomic E-state index is 12.8. The highest BCUT2D eigenvalue weighted by atomic mass is 35.5. The predicted octanol–water partition coefficient (Wildman–Crippen LogP) is 3.48. The summed E-state index contributed by atoms with van der Waals surface area (Å²) in [6.45, 7) is 3.13. The Balaban J connectivity index is 2.28. The van der Waals surface area contributed by atoms with Gasteiger partial charge in [-0.3, -0.25) is 13.9 Å². The predicted molar refractivity (Wildman–Crippen MR) is 112 cm³/mol. The Bertz CT molecular complexity index is 961. The summed E-state index contributed by atoms with van der Waals surface area (Å²) in [5.41, 5.74) is 1.39. The van der Waals surface area contributed by atoms with E-state index in [1.54, 1.807) is 49.4 Å². The van der Waals surface area contributed by atoms with Gasteiger partial charge in [-0.2, -0.15) is 0 Å². The molecule has 0 spiro atoms. The highest BCUT2D eigenvalue weighted by molar-refractivity contribution is 7.92. The highest BCUT2D eigenvalue weighted by Crippen LogP contribution is 2.26. The molecular formula is C19H22ClN3O4S. The third-order valence-electron chi connectivity index (χ3n) is 3.87. The van der Waals surface area contributed by atoms with Crippen molar-refractivity contribution >= 4 is 50.5 Å². The van der Waals surface area contributed by atoms with Gasteiger partial charge >= 0.3 is 0 Å². The Hall–Kier alpha value is -2.58. The van der Waals surface area contributed by atoms with Crippen LogP contribution in [0.1, 0.15) is 20.3 Å². The molecule has 1 atom stereocenters. The topological polar surface area (TPSA) is 95.6 Å². The third kappa shape index (κ3) is 5.71. The molecule has 7 nitrogen and oxygen atoms in total. The van der Waals surface area contributed by atoms with Gasteiger partial charge in [0, 0.05) is 23.3 Å². The van der Waals surface area contributed by atoms with Crippen LogP contribution in [-0.2, 0) is 19.6 Å². The van der Waals surface area contributed by atoms with Gasteiger partial charge in [-0.05, 0) is 48.9 Å². The van der Waals surface area contributed by atoms with Gasteiger partial charge in [-0.25, -0.2) is 8.42 Å². The molecule has 2 N–H and O–H groups in total. The van der Waals surface area contributed by atoms with E-state index in [0.717, 1.165) is 10.6 Å². The maximum atomic E-state index is 12.8. The van der Waals surface area contributed by atoms with Crippen molar-refractivity contribution in [1.29, 1.82) is 0 Å². The number of sulfonamides is 1. The fourth-order valence-electron chi connectivity index (χ4n) is 2.74. The molecule has 28 heavy (non-hydrogen) atoms. The summed E-state index contributed by atoms with van der Waals surface area (Å²) < 4.78 is 25.9. The number of benzene rings is 2. The molecule has 1 unspecified atom stereocenters. The first kappa shape index (κ1) is 21.7. The Labute approximate surface area is 169 Å². The minimum atomic E-state index is -3.74. The standard InChI is InChI=1S/C19H22ClN3O4S/c1-4-18(23(28(3,26)27)17-7-5-6-14(20)12-17)19(25)22-16-10-8-15(9-11-16)21-13(2)24/h5-12,18H,4H2,1-3H3,(H,21,24)(H,22,25). The summed E-state index contributed by atoms with van der Waals surface area (Å²) in [5.74, 6) is -0.673. The molecule has 0 saturated carbocycles. The van der Waals surface area contributed by atoms with Gasteiger partial charge in [-0.1, -0.05) is 24.6 Å². The Morgan fingerprint density at radius 3 is 2.11 bits per heavy atom. The van der Waals surface area contributed by atoms with Crippen LogP contribution in [0.4, 0.5) is 17.1 Å². The Kier molecular flexibility index (Phi) is 7.04. The molecule has 0 fully saturated rings. The second-order valence-electron chi connectivity index (χ2n) is 6.21. The lowest BCUT2D eigenvalue weighted by Crippen LogP contribution is -2.47. The molecule has 2 aromatic rings. The summed E-state index contributed by atoms with van der Waals surface area (Å²) in [5, 5.41) is 5.72. The lowest BCUT2D eigenvalue weighted by molar-refractivity contribution is -0.117. The van der Waals surface area contributed by atoms with E-state index in [4.69, 9.17) is 11.6 Å². The summed E-state index contributed by atoms with van der Waals surface area (Å²) in [6.07, 6.45) is 1.31. The number of nitrogens with zero attached hydrogens (tertiary/aromatic N) is 1. The average molecular weight is 424 g/mol. The first-order valence-electron chi connectivity index (χ1n) is 8.55. The van der Waals surface area contributed by atoms with Gasteiger partial charge in [0.25, 0.3) is 0 Å². The van der Waals surface area contributed by atoms with Gasteiger partial charge in [-0.15, -0.1) is 0 Å².